The Labute approximate surface area is 129 Å². The molecule has 2 heterocycles. The fraction of sp³-hybridized carbons (Fsp3) is 0.0500. The minimum atomic E-state index is 1.08. The summed E-state index contributed by atoms with van der Waals surface area (Å²) in [6.07, 6.45) is 5.78. The first-order valence-corrected chi connectivity index (χ1v) is 7.40. The Balaban J connectivity index is 1.86. The van der Waals surface area contributed by atoms with Crippen LogP contribution in [-0.2, 0) is 0 Å². The predicted octanol–water partition coefficient (Wildman–Crippen LogP) is 5.00. The third-order valence-electron chi connectivity index (χ3n) is 4.07. The smallest absolute Gasteiger partial charge is 0.0639 e. The van der Waals surface area contributed by atoms with Gasteiger partial charge < -0.3 is 4.57 Å². The minimum absolute atomic E-state index is 1.08. The van der Waals surface area contributed by atoms with Crippen LogP contribution in [0.5, 0.6) is 0 Å². The molecule has 0 radical (unpaired) electrons. The Morgan fingerprint density at radius 3 is 2.64 bits per heavy atom. The molecular weight excluding hydrogens is 268 g/mol. The topological polar surface area (TPSA) is 17.8 Å². The van der Waals surface area contributed by atoms with E-state index in [1.54, 1.807) is 6.20 Å². The lowest BCUT2D eigenvalue weighted by Gasteiger charge is -2.08. The van der Waals surface area contributed by atoms with Crippen molar-refractivity contribution in [1.82, 2.24) is 9.55 Å². The van der Waals surface area contributed by atoms with Gasteiger partial charge in [-0.1, -0.05) is 30.3 Å². The zero-order valence-corrected chi connectivity index (χ0v) is 12.4. The molecule has 0 saturated carbocycles. The van der Waals surface area contributed by atoms with E-state index in [9.17, 15) is 0 Å². The fourth-order valence-electron chi connectivity index (χ4n) is 2.93. The van der Waals surface area contributed by atoms with E-state index >= 15 is 0 Å². The van der Waals surface area contributed by atoms with Crippen LogP contribution < -0.4 is 0 Å². The maximum atomic E-state index is 4.20. The number of benzene rings is 2. The Morgan fingerprint density at radius 2 is 1.82 bits per heavy atom. The van der Waals surface area contributed by atoms with E-state index in [-0.39, 0.29) is 0 Å². The Hall–Kier alpha value is -2.87. The number of hydrogen-bond donors (Lipinski definition) is 0. The molecule has 0 bridgehead atoms. The molecule has 0 amide bonds. The molecule has 2 aromatic heterocycles. The van der Waals surface area contributed by atoms with E-state index in [0.717, 1.165) is 5.69 Å². The van der Waals surface area contributed by atoms with Gasteiger partial charge in [-0.05, 0) is 53.9 Å². The molecule has 4 rings (SSSR count). The van der Waals surface area contributed by atoms with Crippen LogP contribution in [0.4, 0.5) is 0 Å². The highest BCUT2D eigenvalue weighted by atomic mass is 15.0. The molecule has 0 N–H and O–H groups in total. The molecule has 0 aliphatic heterocycles. The van der Waals surface area contributed by atoms with Gasteiger partial charge in [0.05, 0.1) is 17.4 Å². The third kappa shape index (κ3) is 2.09. The Kier molecular flexibility index (Phi) is 3.01. The molecule has 0 saturated heterocycles. The van der Waals surface area contributed by atoms with E-state index in [2.05, 4.69) is 77.3 Å². The molecule has 106 valence electrons. The van der Waals surface area contributed by atoms with Crippen LogP contribution in [0, 0.1) is 6.92 Å². The lowest BCUT2D eigenvalue weighted by Crippen LogP contribution is -1.92. The van der Waals surface area contributed by atoms with Crippen LogP contribution >= 0.6 is 0 Å². The average molecular weight is 284 g/mol. The average Bonchev–Trinajstić information content (AvgIpc) is 2.99. The van der Waals surface area contributed by atoms with E-state index in [4.69, 9.17) is 0 Å². The van der Waals surface area contributed by atoms with Crippen molar-refractivity contribution in [1.29, 1.82) is 0 Å². The van der Waals surface area contributed by atoms with Crippen molar-refractivity contribution in [2.75, 3.05) is 0 Å². The summed E-state index contributed by atoms with van der Waals surface area (Å²) in [6, 6.07) is 21.3. The highest BCUT2D eigenvalue weighted by Gasteiger charge is 2.06. The summed E-state index contributed by atoms with van der Waals surface area (Å²) in [4.78, 5) is 4.20. The molecule has 4 aromatic rings. The van der Waals surface area contributed by atoms with E-state index < -0.39 is 0 Å². The van der Waals surface area contributed by atoms with E-state index in [1.165, 1.54) is 27.6 Å². The molecule has 2 nitrogen and oxygen atoms in total. The van der Waals surface area contributed by atoms with Gasteiger partial charge in [0.2, 0.25) is 0 Å². The zero-order valence-electron chi connectivity index (χ0n) is 12.4. The van der Waals surface area contributed by atoms with Crippen molar-refractivity contribution in [3.05, 3.63) is 84.8 Å². The quantitative estimate of drug-likeness (QED) is 0.506. The summed E-state index contributed by atoms with van der Waals surface area (Å²) in [6.45, 7) is 2.15. The van der Waals surface area contributed by atoms with Crippen molar-refractivity contribution in [2.45, 2.75) is 6.92 Å². The summed E-state index contributed by atoms with van der Waals surface area (Å²) < 4.78 is 2.17. The van der Waals surface area contributed by atoms with Crippen LogP contribution in [0.1, 0.15) is 5.56 Å². The number of fused-ring (bicyclic) bond motifs is 1. The molecule has 2 heteroatoms. The number of pyridine rings is 1. The maximum absolute atomic E-state index is 4.20. The first kappa shape index (κ1) is 12.8. The van der Waals surface area contributed by atoms with Gasteiger partial charge in [-0.25, -0.2) is 0 Å². The van der Waals surface area contributed by atoms with Crippen LogP contribution in [0.2, 0.25) is 0 Å². The lowest BCUT2D eigenvalue weighted by atomic mass is 10.00. The number of aromatic nitrogens is 2. The van der Waals surface area contributed by atoms with Gasteiger partial charge in [0.1, 0.15) is 0 Å². The second-order valence-electron chi connectivity index (χ2n) is 5.49. The Bertz CT molecular complexity index is 936. The van der Waals surface area contributed by atoms with Gasteiger partial charge in [0.15, 0.2) is 0 Å². The van der Waals surface area contributed by atoms with Crippen LogP contribution in [0.3, 0.4) is 0 Å². The van der Waals surface area contributed by atoms with Crippen LogP contribution in [-0.4, -0.2) is 9.55 Å². The number of nitrogens with zero attached hydrogens (tertiary/aromatic N) is 2. The molecule has 2 aromatic carbocycles. The maximum Gasteiger partial charge on any atom is 0.0639 e. The SMILES string of the molecule is Cc1ccccc1-c1ccc2c(ccn2-c2cccnc2)c1. The molecule has 0 fully saturated rings. The lowest BCUT2D eigenvalue weighted by molar-refractivity contribution is 1.10. The van der Waals surface area contributed by atoms with Crippen molar-refractivity contribution >= 4 is 10.9 Å². The van der Waals surface area contributed by atoms with E-state index in [0.29, 0.717) is 0 Å². The fourth-order valence-corrected chi connectivity index (χ4v) is 2.93. The highest BCUT2D eigenvalue weighted by molar-refractivity contribution is 5.87. The largest absolute Gasteiger partial charge is 0.315 e. The second-order valence-corrected chi connectivity index (χ2v) is 5.49. The van der Waals surface area contributed by atoms with Gasteiger partial charge in [0, 0.05) is 17.8 Å². The van der Waals surface area contributed by atoms with Crippen molar-refractivity contribution in [2.24, 2.45) is 0 Å². The van der Waals surface area contributed by atoms with Crippen LogP contribution in [0.15, 0.2) is 79.3 Å². The number of aryl methyl sites for hydroxylation is 1. The molecule has 0 unspecified atom stereocenters. The van der Waals surface area contributed by atoms with Crippen LogP contribution in [0.25, 0.3) is 27.7 Å². The summed E-state index contributed by atoms with van der Waals surface area (Å²) in [5.74, 6) is 0. The molecule has 0 spiro atoms. The summed E-state index contributed by atoms with van der Waals surface area (Å²) in [7, 11) is 0. The second kappa shape index (κ2) is 5.15. The molecular formula is C20H16N2. The summed E-state index contributed by atoms with van der Waals surface area (Å²) in [5.41, 5.74) is 6.13. The first-order valence-electron chi connectivity index (χ1n) is 7.40. The molecule has 0 aliphatic rings. The van der Waals surface area contributed by atoms with Gasteiger partial charge in [-0.3, -0.25) is 4.98 Å². The van der Waals surface area contributed by atoms with E-state index in [1.807, 2.05) is 12.3 Å². The zero-order chi connectivity index (χ0) is 14.9. The number of rotatable bonds is 2. The monoisotopic (exact) mass is 284 g/mol. The van der Waals surface area contributed by atoms with Gasteiger partial charge in [-0.15, -0.1) is 0 Å². The third-order valence-corrected chi connectivity index (χ3v) is 4.07. The van der Waals surface area contributed by atoms with Gasteiger partial charge in [-0.2, -0.15) is 0 Å². The number of hydrogen-bond acceptors (Lipinski definition) is 1. The van der Waals surface area contributed by atoms with Crippen molar-refractivity contribution in [3.63, 3.8) is 0 Å². The molecule has 0 aliphatic carbocycles. The first-order chi connectivity index (χ1) is 10.8. The minimum Gasteiger partial charge on any atom is -0.315 e. The standard InChI is InChI=1S/C20H16N2/c1-15-5-2-3-7-19(15)16-8-9-20-17(13-16)10-12-22(20)18-6-4-11-21-14-18/h2-14H,1H3. The predicted molar refractivity (Wildman–Crippen MR) is 91.2 cm³/mol. The Morgan fingerprint density at radius 1 is 0.909 bits per heavy atom. The van der Waals surface area contributed by atoms with Gasteiger partial charge >= 0.3 is 0 Å². The summed E-state index contributed by atoms with van der Waals surface area (Å²) in [5, 5.41) is 1.24. The normalized spacial score (nSPS) is 11.0. The molecule has 0 atom stereocenters. The van der Waals surface area contributed by atoms with Crippen molar-refractivity contribution < 1.29 is 0 Å². The summed E-state index contributed by atoms with van der Waals surface area (Å²) >= 11 is 0. The van der Waals surface area contributed by atoms with Gasteiger partial charge in [0.25, 0.3) is 0 Å². The van der Waals surface area contributed by atoms with Crippen molar-refractivity contribution in [3.8, 4) is 16.8 Å². The highest BCUT2D eigenvalue weighted by Crippen LogP contribution is 2.28. The molecule has 22 heavy (non-hydrogen) atoms.